The molecule has 2 amide bonds. The molecular weight excluding hydrogens is 400 g/mol. The number of nitrogens with zero attached hydrogens (tertiary/aromatic N) is 1. The van der Waals surface area contributed by atoms with Crippen molar-refractivity contribution in [3.8, 4) is 0 Å². The highest BCUT2D eigenvalue weighted by Crippen LogP contribution is 2.26. The highest BCUT2D eigenvalue weighted by atomic mass is 16.5. The molecule has 0 aromatic heterocycles. The van der Waals surface area contributed by atoms with Crippen LogP contribution in [0.4, 0.5) is 11.4 Å². The maximum absolute atomic E-state index is 12.4. The number of para-hydroxylation sites is 1. The van der Waals surface area contributed by atoms with Gasteiger partial charge in [-0.1, -0.05) is 25.1 Å². The van der Waals surface area contributed by atoms with E-state index in [1.807, 2.05) is 13.0 Å². The van der Waals surface area contributed by atoms with Gasteiger partial charge in [0, 0.05) is 24.3 Å². The predicted molar refractivity (Wildman–Crippen MR) is 114 cm³/mol. The summed E-state index contributed by atoms with van der Waals surface area (Å²) >= 11 is 0. The molecule has 8 heteroatoms. The number of carbonyl (C=O) groups is 4. The summed E-state index contributed by atoms with van der Waals surface area (Å²) in [5.41, 5.74) is 1.58. The summed E-state index contributed by atoms with van der Waals surface area (Å²) in [7, 11) is 0. The van der Waals surface area contributed by atoms with Gasteiger partial charge in [-0.2, -0.15) is 0 Å². The van der Waals surface area contributed by atoms with Crippen molar-refractivity contribution in [3.63, 3.8) is 0 Å². The minimum atomic E-state index is -0.661. The van der Waals surface area contributed by atoms with Gasteiger partial charge in [0.25, 0.3) is 5.91 Å². The van der Waals surface area contributed by atoms with Crippen molar-refractivity contribution in [2.75, 3.05) is 30.0 Å². The molecule has 1 heterocycles. The third-order valence-electron chi connectivity index (χ3n) is 4.71. The molecule has 0 spiro atoms. The first-order valence-electron chi connectivity index (χ1n) is 10.1. The first kappa shape index (κ1) is 22.0. The van der Waals surface area contributed by atoms with Crippen LogP contribution >= 0.6 is 0 Å². The topological polar surface area (TPSA) is 102 Å². The Labute approximate surface area is 180 Å². The van der Waals surface area contributed by atoms with Crippen LogP contribution in [0.1, 0.15) is 30.1 Å². The van der Waals surface area contributed by atoms with Gasteiger partial charge < -0.3 is 19.7 Å². The minimum Gasteiger partial charge on any atom is -0.462 e. The Balaban J connectivity index is 1.51. The summed E-state index contributed by atoms with van der Waals surface area (Å²) in [4.78, 5) is 50.0. The molecule has 2 aromatic rings. The second kappa shape index (κ2) is 10.4. The fourth-order valence-corrected chi connectivity index (χ4v) is 3.14. The maximum Gasteiger partial charge on any atom is 0.338 e. The number of carbonyl (C=O) groups excluding carboxylic acids is 4. The van der Waals surface area contributed by atoms with Crippen LogP contribution in [0.2, 0.25) is 0 Å². The molecule has 31 heavy (non-hydrogen) atoms. The molecule has 0 bridgehead atoms. The standard InChI is InChI=1S/C23H24N2O6/c1-2-12-30-22(28)16-8-10-19(11-9-16)25-14-17(13-21(25)27)23(29)31-15-20(26)24-18-6-4-3-5-7-18/h3-11,17H,2,12-15H2,1H3,(H,24,26)/t17-/m1/s1. The molecular formula is C23H24N2O6. The Morgan fingerprint density at radius 3 is 2.42 bits per heavy atom. The van der Waals surface area contributed by atoms with Crippen LogP contribution < -0.4 is 10.2 Å². The molecule has 8 nitrogen and oxygen atoms in total. The molecule has 1 N–H and O–H groups in total. The second-order valence-electron chi connectivity index (χ2n) is 7.11. The molecule has 1 aliphatic heterocycles. The molecule has 3 rings (SSSR count). The summed E-state index contributed by atoms with van der Waals surface area (Å²) in [5, 5.41) is 2.63. The quantitative estimate of drug-likeness (QED) is 0.654. The Hall–Kier alpha value is -3.68. The zero-order valence-electron chi connectivity index (χ0n) is 17.2. The summed E-state index contributed by atoms with van der Waals surface area (Å²) in [5.74, 6) is -2.36. The van der Waals surface area contributed by atoms with Crippen molar-refractivity contribution in [1.29, 1.82) is 0 Å². The molecule has 1 atom stereocenters. The second-order valence-corrected chi connectivity index (χ2v) is 7.11. The van der Waals surface area contributed by atoms with Gasteiger partial charge in [0.15, 0.2) is 6.61 Å². The van der Waals surface area contributed by atoms with Gasteiger partial charge in [-0.05, 0) is 42.8 Å². The van der Waals surface area contributed by atoms with Gasteiger partial charge in [0.1, 0.15) is 0 Å². The predicted octanol–water partition coefficient (Wildman–Crippen LogP) is 2.79. The Morgan fingerprint density at radius 2 is 1.74 bits per heavy atom. The maximum atomic E-state index is 12.4. The van der Waals surface area contributed by atoms with Crippen molar-refractivity contribution in [2.45, 2.75) is 19.8 Å². The van der Waals surface area contributed by atoms with E-state index in [2.05, 4.69) is 5.32 Å². The van der Waals surface area contributed by atoms with Gasteiger partial charge >= 0.3 is 11.9 Å². The van der Waals surface area contributed by atoms with Crippen LogP contribution in [-0.2, 0) is 23.9 Å². The van der Waals surface area contributed by atoms with Gasteiger partial charge in [-0.15, -0.1) is 0 Å². The first-order chi connectivity index (χ1) is 15.0. The monoisotopic (exact) mass is 424 g/mol. The van der Waals surface area contributed by atoms with Crippen LogP contribution in [0.5, 0.6) is 0 Å². The number of amides is 2. The summed E-state index contributed by atoms with van der Waals surface area (Å²) in [6, 6.07) is 15.3. The van der Waals surface area contributed by atoms with E-state index in [0.717, 1.165) is 6.42 Å². The molecule has 0 radical (unpaired) electrons. The van der Waals surface area contributed by atoms with E-state index in [-0.39, 0.29) is 18.9 Å². The first-order valence-corrected chi connectivity index (χ1v) is 10.1. The van der Waals surface area contributed by atoms with E-state index in [9.17, 15) is 19.2 Å². The number of benzene rings is 2. The van der Waals surface area contributed by atoms with Crippen LogP contribution in [0, 0.1) is 5.92 Å². The van der Waals surface area contributed by atoms with Crippen LogP contribution in [-0.4, -0.2) is 43.5 Å². The van der Waals surface area contributed by atoms with E-state index in [4.69, 9.17) is 9.47 Å². The lowest BCUT2D eigenvalue weighted by Crippen LogP contribution is -2.28. The SMILES string of the molecule is CCCOC(=O)c1ccc(N2C[C@H](C(=O)OCC(=O)Nc3ccccc3)CC2=O)cc1. The molecule has 2 aromatic carbocycles. The molecule has 0 aliphatic carbocycles. The molecule has 0 unspecified atom stereocenters. The third kappa shape index (κ3) is 5.91. The highest BCUT2D eigenvalue weighted by Gasteiger charge is 2.36. The normalized spacial score (nSPS) is 15.5. The average Bonchev–Trinajstić information content (AvgIpc) is 3.18. The number of anilines is 2. The summed E-state index contributed by atoms with van der Waals surface area (Å²) < 4.78 is 10.2. The number of rotatable bonds is 8. The van der Waals surface area contributed by atoms with Gasteiger partial charge in [-0.3, -0.25) is 14.4 Å². The lowest BCUT2D eigenvalue weighted by atomic mass is 10.1. The van der Waals surface area contributed by atoms with E-state index >= 15 is 0 Å². The average molecular weight is 424 g/mol. The van der Waals surface area contributed by atoms with Gasteiger partial charge in [-0.25, -0.2) is 4.79 Å². The van der Waals surface area contributed by atoms with Crippen LogP contribution in [0.3, 0.4) is 0 Å². The van der Waals surface area contributed by atoms with Crippen LogP contribution in [0.15, 0.2) is 54.6 Å². The number of ether oxygens (including phenoxy) is 2. The Morgan fingerprint density at radius 1 is 1.03 bits per heavy atom. The van der Waals surface area contributed by atoms with Gasteiger partial charge in [0.2, 0.25) is 5.91 Å². The van der Waals surface area contributed by atoms with Gasteiger partial charge in [0.05, 0.1) is 18.1 Å². The third-order valence-corrected chi connectivity index (χ3v) is 4.71. The van der Waals surface area contributed by atoms with E-state index in [1.54, 1.807) is 48.5 Å². The fraction of sp³-hybridized carbons (Fsp3) is 0.304. The smallest absolute Gasteiger partial charge is 0.338 e. The number of esters is 2. The summed E-state index contributed by atoms with van der Waals surface area (Å²) in [6.45, 7) is 1.98. The molecule has 1 fully saturated rings. The lowest BCUT2D eigenvalue weighted by Gasteiger charge is -2.17. The van der Waals surface area contributed by atoms with Crippen molar-refractivity contribution in [2.24, 2.45) is 5.92 Å². The number of hydrogen-bond acceptors (Lipinski definition) is 6. The fourth-order valence-electron chi connectivity index (χ4n) is 3.14. The molecule has 162 valence electrons. The largest absolute Gasteiger partial charge is 0.462 e. The van der Waals surface area contributed by atoms with E-state index in [1.165, 1.54) is 4.90 Å². The number of nitrogens with one attached hydrogen (secondary N) is 1. The molecule has 1 aliphatic rings. The van der Waals surface area contributed by atoms with E-state index < -0.39 is 30.4 Å². The zero-order chi connectivity index (χ0) is 22.2. The van der Waals surface area contributed by atoms with Crippen molar-refractivity contribution < 1.29 is 28.7 Å². The highest BCUT2D eigenvalue weighted by molar-refractivity contribution is 6.00. The molecule has 1 saturated heterocycles. The summed E-state index contributed by atoms with van der Waals surface area (Å²) in [6.07, 6.45) is 0.733. The zero-order valence-corrected chi connectivity index (χ0v) is 17.2. The van der Waals surface area contributed by atoms with Crippen molar-refractivity contribution in [1.82, 2.24) is 0 Å². The molecule has 0 saturated carbocycles. The Bertz CT molecular complexity index is 942. The van der Waals surface area contributed by atoms with Crippen molar-refractivity contribution in [3.05, 3.63) is 60.2 Å². The lowest BCUT2D eigenvalue weighted by molar-refractivity contribution is -0.151. The van der Waals surface area contributed by atoms with Crippen LogP contribution in [0.25, 0.3) is 0 Å². The Kier molecular flexibility index (Phi) is 7.37. The number of hydrogen-bond donors (Lipinski definition) is 1. The minimum absolute atomic E-state index is 0.000565. The van der Waals surface area contributed by atoms with Crippen molar-refractivity contribution >= 4 is 35.1 Å². The van der Waals surface area contributed by atoms with E-state index in [0.29, 0.717) is 23.5 Å².